The highest BCUT2D eigenvalue weighted by Crippen LogP contribution is 2.25. The number of aromatic nitrogens is 3. The lowest BCUT2D eigenvalue weighted by atomic mass is 9.97. The van der Waals surface area contributed by atoms with E-state index >= 15 is 0 Å². The number of rotatable bonds is 1. The average Bonchev–Trinajstić information content (AvgIpc) is 2.57. The maximum Gasteiger partial charge on any atom is 0.109 e. The van der Waals surface area contributed by atoms with E-state index in [1.54, 1.807) is 6.20 Å². The van der Waals surface area contributed by atoms with Gasteiger partial charge in [-0.2, -0.15) is 15.4 Å². The molecular formula is C9H11N3. The molecule has 1 aliphatic rings. The molecule has 0 saturated carbocycles. The highest BCUT2D eigenvalue weighted by atomic mass is 15.3. The van der Waals surface area contributed by atoms with Crippen LogP contribution in [0.4, 0.5) is 0 Å². The summed E-state index contributed by atoms with van der Waals surface area (Å²) in [6.45, 7) is 2.11. The molecule has 0 amide bonds. The van der Waals surface area contributed by atoms with Crippen LogP contribution in [0.15, 0.2) is 23.9 Å². The number of nitrogens with zero attached hydrogens (tertiary/aromatic N) is 2. The fourth-order valence-electron chi connectivity index (χ4n) is 1.46. The number of allylic oxidation sites excluding steroid dienone is 4. The Morgan fingerprint density at radius 1 is 1.50 bits per heavy atom. The Kier molecular flexibility index (Phi) is 1.78. The second kappa shape index (κ2) is 2.93. The zero-order valence-corrected chi connectivity index (χ0v) is 7.04. The van der Waals surface area contributed by atoms with Gasteiger partial charge in [0.1, 0.15) is 5.69 Å². The van der Waals surface area contributed by atoms with E-state index in [1.165, 1.54) is 11.1 Å². The minimum atomic E-state index is 0.983. The number of aromatic amines is 1. The highest BCUT2D eigenvalue weighted by molar-refractivity contribution is 5.68. The third-order valence-corrected chi connectivity index (χ3v) is 2.13. The topological polar surface area (TPSA) is 41.6 Å². The summed E-state index contributed by atoms with van der Waals surface area (Å²) in [4.78, 5) is 0. The van der Waals surface area contributed by atoms with Crippen LogP contribution in [0.2, 0.25) is 0 Å². The molecule has 0 unspecified atom stereocenters. The smallest absolute Gasteiger partial charge is 0.109 e. The second-order valence-corrected chi connectivity index (χ2v) is 2.96. The van der Waals surface area contributed by atoms with Crippen molar-refractivity contribution < 1.29 is 0 Å². The first-order valence-corrected chi connectivity index (χ1v) is 4.10. The molecule has 0 aliphatic heterocycles. The lowest BCUT2D eigenvalue weighted by molar-refractivity contribution is 0.928. The number of hydrogen-bond donors (Lipinski definition) is 1. The first-order chi connectivity index (χ1) is 5.88. The molecule has 1 aromatic rings. The second-order valence-electron chi connectivity index (χ2n) is 2.96. The van der Waals surface area contributed by atoms with Gasteiger partial charge in [0, 0.05) is 0 Å². The van der Waals surface area contributed by atoms with Crippen molar-refractivity contribution in [1.82, 2.24) is 15.4 Å². The van der Waals surface area contributed by atoms with Crippen LogP contribution in [0.5, 0.6) is 0 Å². The van der Waals surface area contributed by atoms with Crippen molar-refractivity contribution in [3.8, 4) is 0 Å². The van der Waals surface area contributed by atoms with E-state index in [-0.39, 0.29) is 0 Å². The van der Waals surface area contributed by atoms with Crippen molar-refractivity contribution in [2.75, 3.05) is 0 Å². The molecule has 12 heavy (non-hydrogen) atoms. The summed E-state index contributed by atoms with van der Waals surface area (Å²) in [5, 5.41) is 10.5. The van der Waals surface area contributed by atoms with Gasteiger partial charge < -0.3 is 0 Å². The summed E-state index contributed by atoms with van der Waals surface area (Å²) in [5.74, 6) is 0. The van der Waals surface area contributed by atoms with Gasteiger partial charge in [0.25, 0.3) is 0 Å². The summed E-state index contributed by atoms with van der Waals surface area (Å²) in [6.07, 6.45) is 8.30. The van der Waals surface area contributed by atoms with E-state index < -0.39 is 0 Å². The zero-order valence-electron chi connectivity index (χ0n) is 7.04. The number of hydrogen-bond acceptors (Lipinski definition) is 2. The van der Waals surface area contributed by atoms with Gasteiger partial charge in [-0.3, -0.25) is 0 Å². The summed E-state index contributed by atoms with van der Waals surface area (Å²) in [5.41, 5.74) is 3.60. The van der Waals surface area contributed by atoms with Crippen LogP contribution in [0, 0.1) is 0 Å². The molecule has 0 saturated heterocycles. The third-order valence-electron chi connectivity index (χ3n) is 2.13. The largest absolute Gasteiger partial charge is 0.197 e. The van der Waals surface area contributed by atoms with Crippen molar-refractivity contribution >= 4 is 5.57 Å². The van der Waals surface area contributed by atoms with Crippen LogP contribution in [-0.4, -0.2) is 15.4 Å². The van der Waals surface area contributed by atoms with Crippen molar-refractivity contribution in [3.63, 3.8) is 0 Å². The molecular weight excluding hydrogens is 150 g/mol. The van der Waals surface area contributed by atoms with E-state index in [0.29, 0.717) is 0 Å². The maximum absolute atomic E-state index is 4.06. The Balaban J connectivity index is 2.40. The fourth-order valence-corrected chi connectivity index (χ4v) is 1.46. The monoisotopic (exact) mass is 161 g/mol. The normalized spacial score (nSPS) is 17.1. The molecule has 1 N–H and O–H groups in total. The van der Waals surface area contributed by atoms with E-state index in [9.17, 15) is 0 Å². The standard InChI is InChI=1S/C9H11N3/c1-7-4-2-3-5-8(7)9-6-10-12-11-9/h2,4,6H,3,5H2,1H3,(H,10,11,12). The molecule has 0 atom stereocenters. The van der Waals surface area contributed by atoms with Crippen LogP contribution >= 0.6 is 0 Å². The van der Waals surface area contributed by atoms with Gasteiger partial charge in [-0.15, -0.1) is 0 Å². The van der Waals surface area contributed by atoms with E-state index in [4.69, 9.17) is 0 Å². The molecule has 62 valence electrons. The lowest BCUT2D eigenvalue weighted by Gasteiger charge is -2.09. The predicted molar refractivity (Wildman–Crippen MR) is 47.4 cm³/mol. The third kappa shape index (κ3) is 1.18. The molecule has 0 aromatic carbocycles. The first kappa shape index (κ1) is 7.28. The van der Waals surface area contributed by atoms with Crippen LogP contribution in [0.3, 0.4) is 0 Å². The molecule has 0 fully saturated rings. The Labute approximate surface area is 71.2 Å². The van der Waals surface area contributed by atoms with Gasteiger partial charge >= 0.3 is 0 Å². The quantitative estimate of drug-likeness (QED) is 0.683. The molecule has 1 aliphatic carbocycles. The van der Waals surface area contributed by atoms with Gasteiger partial charge in [0.05, 0.1) is 6.20 Å². The Bertz CT molecular complexity index is 320. The van der Waals surface area contributed by atoms with Gasteiger partial charge in [0.15, 0.2) is 0 Å². The summed E-state index contributed by atoms with van der Waals surface area (Å²) in [7, 11) is 0. The summed E-state index contributed by atoms with van der Waals surface area (Å²) < 4.78 is 0. The van der Waals surface area contributed by atoms with E-state index in [2.05, 4.69) is 34.5 Å². The molecule has 1 heterocycles. The van der Waals surface area contributed by atoms with Crippen LogP contribution < -0.4 is 0 Å². The Morgan fingerprint density at radius 2 is 2.42 bits per heavy atom. The van der Waals surface area contributed by atoms with Crippen LogP contribution in [0.1, 0.15) is 25.5 Å². The molecule has 3 nitrogen and oxygen atoms in total. The van der Waals surface area contributed by atoms with Gasteiger partial charge in [-0.25, -0.2) is 0 Å². The number of nitrogens with one attached hydrogen (secondary N) is 1. The van der Waals surface area contributed by atoms with Crippen molar-refractivity contribution in [2.24, 2.45) is 0 Å². The van der Waals surface area contributed by atoms with E-state index in [0.717, 1.165) is 18.5 Å². The van der Waals surface area contributed by atoms with Crippen molar-refractivity contribution in [3.05, 3.63) is 29.6 Å². The average molecular weight is 161 g/mol. The van der Waals surface area contributed by atoms with Gasteiger partial charge in [0.2, 0.25) is 0 Å². The first-order valence-electron chi connectivity index (χ1n) is 4.10. The molecule has 2 rings (SSSR count). The van der Waals surface area contributed by atoms with Crippen molar-refractivity contribution in [2.45, 2.75) is 19.8 Å². The van der Waals surface area contributed by atoms with Gasteiger partial charge in [-0.05, 0) is 30.9 Å². The SMILES string of the molecule is CC1=C(c2cn[nH]n2)CCC=C1. The summed E-state index contributed by atoms with van der Waals surface area (Å²) in [6, 6.07) is 0. The lowest BCUT2D eigenvalue weighted by Crippen LogP contribution is -1.92. The minimum Gasteiger partial charge on any atom is -0.197 e. The van der Waals surface area contributed by atoms with Crippen molar-refractivity contribution in [1.29, 1.82) is 0 Å². The number of H-pyrrole nitrogens is 1. The molecule has 0 bridgehead atoms. The fraction of sp³-hybridized carbons (Fsp3) is 0.333. The van der Waals surface area contributed by atoms with Crippen LogP contribution in [-0.2, 0) is 0 Å². The molecule has 0 spiro atoms. The van der Waals surface area contributed by atoms with Gasteiger partial charge in [-0.1, -0.05) is 12.2 Å². The molecule has 3 heteroatoms. The maximum atomic E-state index is 4.06. The Hall–Kier alpha value is -1.38. The minimum absolute atomic E-state index is 0.983. The molecule has 0 radical (unpaired) electrons. The predicted octanol–water partition coefficient (Wildman–Crippen LogP) is 1.93. The molecule has 1 aromatic heterocycles. The zero-order chi connectivity index (χ0) is 8.39. The van der Waals surface area contributed by atoms with E-state index in [1.807, 2.05) is 0 Å². The summed E-state index contributed by atoms with van der Waals surface area (Å²) >= 11 is 0. The highest BCUT2D eigenvalue weighted by Gasteiger charge is 2.08. The Morgan fingerprint density at radius 3 is 3.08 bits per heavy atom. The van der Waals surface area contributed by atoms with Crippen LogP contribution in [0.25, 0.3) is 5.57 Å².